The topological polar surface area (TPSA) is 67.9 Å². The first-order chi connectivity index (χ1) is 12.1. The molecule has 0 saturated carbocycles. The zero-order chi connectivity index (χ0) is 18.1. The first kappa shape index (κ1) is 18.8. The Balaban J connectivity index is 1.80. The summed E-state index contributed by atoms with van der Waals surface area (Å²) >= 11 is 0. The van der Waals surface area contributed by atoms with E-state index >= 15 is 0 Å². The number of nitrogens with zero attached hydrogens (tertiary/aromatic N) is 1. The van der Waals surface area contributed by atoms with Gasteiger partial charge in [0.15, 0.2) is 11.5 Å². The largest absolute Gasteiger partial charge is 0.493 e. The van der Waals surface area contributed by atoms with E-state index in [1.54, 1.807) is 13.2 Å². The number of carbonyl (C=O) groups excluding carboxylic acids is 2. The molecule has 0 aromatic heterocycles. The number of ether oxygens (including phenoxy) is 2. The molecule has 6 heteroatoms. The molecule has 1 aromatic rings. The average molecular weight is 346 g/mol. The molecule has 0 bridgehead atoms. The van der Waals surface area contributed by atoms with E-state index in [0.717, 1.165) is 31.5 Å². The molecular formula is C19H26N2O4. The van der Waals surface area contributed by atoms with Crippen LogP contribution >= 0.6 is 0 Å². The maximum atomic E-state index is 11.9. The van der Waals surface area contributed by atoms with Crippen molar-refractivity contribution in [3.8, 4) is 11.5 Å². The third-order valence-corrected chi connectivity index (χ3v) is 4.01. The molecule has 0 radical (unpaired) electrons. The minimum absolute atomic E-state index is 0.109. The summed E-state index contributed by atoms with van der Waals surface area (Å²) in [5.41, 5.74) is 0.837. The highest BCUT2D eigenvalue weighted by atomic mass is 16.5. The monoisotopic (exact) mass is 346 g/mol. The van der Waals surface area contributed by atoms with Gasteiger partial charge in [-0.1, -0.05) is 6.07 Å². The molecule has 0 atom stereocenters. The molecule has 1 N–H and O–H groups in total. The van der Waals surface area contributed by atoms with Crippen LogP contribution in [-0.4, -0.2) is 50.1 Å². The number of carbonyl (C=O) groups is 2. The van der Waals surface area contributed by atoms with E-state index in [4.69, 9.17) is 9.47 Å². The number of hydrogen-bond donors (Lipinski definition) is 1. The number of methoxy groups -OCH3 is 1. The van der Waals surface area contributed by atoms with Crippen molar-refractivity contribution in [2.75, 3.05) is 33.4 Å². The van der Waals surface area contributed by atoms with Crippen LogP contribution in [0.15, 0.2) is 24.3 Å². The summed E-state index contributed by atoms with van der Waals surface area (Å²) in [5.74, 6) is 1.19. The summed E-state index contributed by atoms with van der Waals surface area (Å²) in [4.78, 5) is 25.6. The predicted molar refractivity (Wildman–Crippen MR) is 96.6 cm³/mol. The summed E-state index contributed by atoms with van der Waals surface area (Å²) in [6.07, 6.45) is 5.65. The van der Waals surface area contributed by atoms with Crippen LogP contribution in [0.1, 0.15) is 31.7 Å². The zero-order valence-corrected chi connectivity index (χ0v) is 14.9. The lowest BCUT2D eigenvalue weighted by Crippen LogP contribution is -2.32. The van der Waals surface area contributed by atoms with Gasteiger partial charge in [0.1, 0.15) is 0 Å². The van der Waals surface area contributed by atoms with Crippen LogP contribution in [0.25, 0.3) is 6.08 Å². The van der Waals surface area contributed by atoms with Crippen molar-refractivity contribution >= 4 is 17.9 Å². The van der Waals surface area contributed by atoms with Gasteiger partial charge < -0.3 is 19.7 Å². The van der Waals surface area contributed by atoms with E-state index in [-0.39, 0.29) is 11.8 Å². The fourth-order valence-electron chi connectivity index (χ4n) is 2.71. The van der Waals surface area contributed by atoms with Gasteiger partial charge in [-0.15, -0.1) is 0 Å². The molecule has 136 valence electrons. The molecule has 6 nitrogen and oxygen atoms in total. The second kappa shape index (κ2) is 9.71. The highest BCUT2D eigenvalue weighted by Gasteiger charge is 2.17. The smallest absolute Gasteiger partial charge is 0.244 e. The highest BCUT2D eigenvalue weighted by molar-refractivity contribution is 5.92. The Morgan fingerprint density at radius 1 is 1.24 bits per heavy atom. The van der Waals surface area contributed by atoms with Crippen LogP contribution in [-0.2, 0) is 9.59 Å². The van der Waals surface area contributed by atoms with Crippen molar-refractivity contribution in [2.24, 2.45) is 0 Å². The van der Waals surface area contributed by atoms with Crippen molar-refractivity contribution in [1.29, 1.82) is 0 Å². The van der Waals surface area contributed by atoms with E-state index in [1.165, 1.54) is 6.08 Å². The Labute approximate surface area is 148 Å². The van der Waals surface area contributed by atoms with Gasteiger partial charge in [-0.05, 0) is 43.5 Å². The summed E-state index contributed by atoms with van der Waals surface area (Å²) in [5, 5.41) is 2.74. The van der Waals surface area contributed by atoms with Crippen molar-refractivity contribution in [2.45, 2.75) is 26.2 Å². The van der Waals surface area contributed by atoms with Crippen LogP contribution < -0.4 is 14.8 Å². The Hall–Kier alpha value is -2.50. The molecule has 1 aromatic carbocycles. The molecule has 25 heavy (non-hydrogen) atoms. The van der Waals surface area contributed by atoms with E-state index in [2.05, 4.69) is 5.32 Å². The van der Waals surface area contributed by atoms with E-state index < -0.39 is 0 Å². The molecule has 1 fully saturated rings. The van der Waals surface area contributed by atoms with Crippen LogP contribution in [0.2, 0.25) is 0 Å². The number of hydrogen-bond acceptors (Lipinski definition) is 4. The van der Waals surface area contributed by atoms with Crippen molar-refractivity contribution in [1.82, 2.24) is 10.2 Å². The number of benzene rings is 1. The molecule has 2 amide bonds. The maximum absolute atomic E-state index is 11.9. The SMILES string of the molecule is CCOc1ccc(/C=C/C(=O)NCCC(=O)N2CCCC2)cc1OC. The van der Waals surface area contributed by atoms with Crippen LogP contribution in [0.3, 0.4) is 0 Å². The first-order valence-corrected chi connectivity index (χ1v) is 8.68. The van der Waals surface area contributed by atoms with Crippen LogP contribution in [0.5, 0.6) is 11.5 Å². The van der Waals surface area contributed by atoms with Crippen molar-refractivity contribution < 1.29 is 19.1 Å². The fourth-order valence-corrected chi connectivity index (χ4v) is 2.71. The lowest BCUT2D eigenvalue weighted by atomic mass is 10.2. The van der Waals surface area contributed by atoms with Gasteiger partial charge in [0.05, 0.1) is 13.7 Å². The molecule has 1 aliphatic heterocycles. The third kappa shape index (κ3) is 5.81. The second-order valence-electron chi connectivity index (χ2n) is 5.81. The number of amides is 2. The van der Waals surface area contributed by atoms with E-state index in [1.807, 2.05) is 30.0 Å². The fraction of sp³-hybridized carbons (Fsp3) is 0.474. The zero-order valence-electron chi connectivity index (χ0n) is 14.9. The number of rotatable bonds is 8. The molecule has 2 rings (SSSR count). The predicted octanol–water partition coefficient (Wildman–Crippen LogP) is 2.24. The summed E-state index contributed by atoms with van der Waals surface area (Å²) < 4.78 is 10.7. The minimum atomic E-state index is -0.220. The van der Waals surface area contributed by atoms with Crippen LogP contribution in [0, 0.1) is 0 Å². The lowest BCUT2D eigenvalue weighted by molar-refractivity contribution is -0.130. The van der Waals surface area contributed by atoms with Gasteiger partial charge in [-0.3, -0.25) is 9.59 Å². The molecule has 1 heterocycles. The Kier molecular flexibility index (Phi) is 7.32. The first-order valence-electron chi connectivity index (χ1n) is 8.68. The average Bonchev–Trinajstić information content (AvgIpc) is 3.15. The van der Waals surface area contributed by atoms with Gasteiger partial charge in [0, 0.05) is 32.1 Å². The highest BCUT2D eigenvalue weighted by Crippen LogP contribution is 2.28. The van der Waals surface area contributed by atoms with Gasteiger partial charge in [-0.2, -0.15) is 0 Å². The van der Waals surface area contributed by atoms with E-state index in [0.29, 0.717) is 31.1 Å². The Morgan fingerprint density at radius 2 is 2.00 bits per heavy atom. The molecule has 0 aliphatic carbocycles. The standard InChI is InChI=1S/C19H26N2O4/c1-3-25-16-8-6-15(14-17(16)24-2)7-9-18(22)20-11-10-19(23)21-12-4-5-13-21/h6-9,14H,3-5,10-13H2,1-2H3,(H,20,22)/b9-7+. The molecule has 1 saturated heterocycles. The summed E-state index contributed by atoms with van der Waals surface area (Å²) in [7, 11) is 1.58. The molecule has 1 aliphatic rings. The number of likely N-dealkylation sites (tertiary alicyclic amines) is 1. The summed E-state index contributed by atoms with van der Waals surface area (Å²) in [6.45, 7) is 4.50. The molecular weight excluding hydrogens is 320 g/mol. The van der Waals surface area contributed by atoms with Crippen molar-refractivity contribution in [3.63, 3.8) is 0 Å². The normalized spacial score (nSPS) is 13.9. The van der Waals surface area contributed by atoms with E-state index in [9.17, 15) is 9.59 Å². The third-order valence-electron chi connectivity index (χ3n) is 4.01. The van der Waals surface area contributed by atoms with Gasteiger partial charge >= 0.3 is 0 Å². The van der Waals surface area contributed by atoms with Crippen molar-refractivity contribution in [3.05, 3.63) is 29.8 Å². The second-order valence-corrected chi connectivity index (χ2v) is 5.81. The lowest BCUT2D eigenvalue weighted by Gasteiger charge is -2.14. The Morgan fingerprint density at radius 3 is 2.68 bits per heavy atom. The Bertz CT molecular complexity index is 622. The van der Waals surface area contributed by atoms with Crippen LogP contribution in [0.4, 0.5) is 0 Å². The minimum Gasteiger partial charge on any atom is -0.493 e. The maximum Gasteiger partial charge on any atom is 0.244 e. The van der Waals surface area contributed by atoms with Gasteiger partial charge in [-0.25, -0.2) is 0 Å². The molecule has 0 unspecified atom stereocenters. The summed E-state index contributed by atoms with van der Waals surface area (Å²) in [6, 6.07) is 5.48. The molecule has 0 spiro atoms. The van der Waals surface area contributed by atoms with Gasteiger partial charge in [0.25, 0.3) is 0 Å². The van der Waals surface area contributed by atoms with Gasteiger partial charge in [0.2, 0.25) is 11.8 Å². The number of nitrogens with one attached hydrogen (secondary N) is 1. The quantitative estimate of drug-likeness (QED) is 0.733.